The highest BCUT2D eigenvalue weighted by Crippen LogP contribution is 2.22. The first-order chi connectivity index (χ1) is 5.90. The topological polar surface area (TPSA) is 71.8 Å². The molecule has 13 heavy (non-hydrogen) atoms. The Bertz CT molecular complexity index is 317. The molecule has 72 valence electrons. The molecule has 0 aliphatic rings. The Morgan fingerprint density at radius 3 is 2.69 bits per heavy atom. The van der Waals surface area contributed by atoms with Crippen LogP contribution < -0.4 is 5.73 Å². The highest BCUT2D eigenvalue weighted by Gasteiger charge is 2.30. The Balaban J connectivity index is 2.89. The van der Waals surface area contributed by atoms with E-state index in [1.54, 1.807) is 0 Å². The summed E-state index contributed by atoms with van der Waals surface area (Å²) in [7, 11) is 0. The molecule has 0 aromatic carbocycles. The van der Waals surface area contributed by atoms with Gasteiger partial charge in [-0.1, -0.05) is 0 Å². The second-order valence-corrected chi connectivity index (χ2v) is 2.43. The van der Waals surface area contributed by atoms with Crippen molar-refractivity contribution in [1.29, 1.82) is 0 Å². The van der Waals surface area contributed by atoms with Crippen molar-refractivity contribution in [1.82, 2.24) is 10.2 Å². The third-order valence-electron chi connectivity index (χ3n) is 1.36. The molecule has 0 radical (unpaired) electrons. The zero-order valence-electron chi connectivity index (χ0n) is 6.35. The van der Waals surface area contributed by atoms with Crippen LogP contribution in [0.2, 0.25) is 0 Å². The monoisotopic (exact) mass is 193 g/mol. The summed E-state index contributed by atoms with van der Waals surface area (Å²) in [5, 5.41) is 5.40. The molecule has 1 aromatic rings. The predicted octanol–water partition coefficient (Wildman–Crippen LogP) is 0.613. The maximum atomic E-state index is 11.9. The summed E-state index contributed by atoms with van der Waals surface area (Å²) in [5.41, 5.74) is 4.27. The van der Waals surface area contributed by atoms with Gasteiger partial charge in [-0.2, -0.15) is 18.3 Å². The molecule has 0 spiro atoms. The van der Waals surface area contributed by atoms with Crippen LogP contribution in [0, 0.1) is 0 Å². The fourth-order valence-corrected chi connectivity index (χ4v) is 0.874. The number of halogens is 3. The lowest BCUT2D eigenvalue weighted by Crippen LogP contribution is -2.18. The maximum absolute atomic E-state index is 11.9. The van der Waals surface area contributed by atoms with E-state index in [1.807, 2.05) is 0 Å². The number of nitrogens with zero attached hydrogens (tertiary/aromatic N) is 1. The van der Waals surface area contributed by atoms with Gasteiger partial charge in [-0.3, -0.25) is 9.89 Å². The summed E-state index contributed by atoms with van der Waals surface area (Å²) in [6.45, 7) is 0. The Morgan fingerprint density at radius 2 is 2.23 bits per heavy atom. The first kappa shape index (κ1) is 9.56. The number of aromatic nitrogens is 2. The second kappa shape index (κ2) is 3.08. The van der Waals surface area contributed by atoms with Gasteiger partial charge in [-0.25, -0.2) is 0 Å². The summed E-state index contributed by atoms with van der Waals surface area (Å²) >= 11 is 0. The minimum atomic E-state index is -4.37. The van der Waals surface area contributed by atoms with Crippen LogP contribution in [0.5, 0.6) is 0 Å². The average molecular weight is 193 g/mol. The van der Waals surface area contributed by atoms with Crippen LogP contribution in [0.3, 0.4) is 0 Å². The van der Waals surface area contributed by atoms with E-state index in [0.717, 1.165) is 6.20 Å². The molecule has 0 saturated carbocycles. The van der Waals surface area contributed by atoms with Gasteiger partial charge in [0.25, 0.3) is 5.91 Å². The molecule has 4 nitrogen and oxygen atoms in total. The lowest BCUT2D eigenvalue weighted by Gasteiger charge is -2.04. The Labute approximate surface area is 70.9 Å². The van der Waals surface area contributed by atoms with Gasteiger partial charge in [0.1, 0.15) is 5.69 Å². The van der Waals surface area contributed by atoms with E-state index in [4.69, 9.17) is 5.73 Å². The van der Waals surface area contributed by atoms with Crippen molar-refractivity contribution in [3.63, 3.8) is 0 Å². The van der Waals surface area contributed by atoms with Gasteiger partial charge in [0.05, 0.1) is 12.6 Å². The lowest BCUT2D eigenvalue weighted by molar-refractivity contribution is -0.127. The smallest absolute Gasteiger partial charge is 0.364 e. The van der Waals surface area contributed by atoms with Gasteiger partial charge in [-0.05, 0) is 0 Å². The zero-order chi connectivity index (χ0) is 10.1. The minimum absolute atomic E-state index is 0.236. The van der Waals surface area contributed by atoms with Gasteiger partial charge in [0, 0.05) is 5.56 Å². The molecule has 1 rings (SSSR count). The van der Waals surface area contributed by atoms with E-state index in [9.17, 15) is 18.0 Å². The number of nitrogens with two attached hydrogens (primary N) is 1. The number of alkyl halides is 3. The van der Waals surface area contributed by atoms with Crippen LogP contribution in [-0.2, 0) is 6.42 Å². The van der Waals surface area contributed by atoms with Crippen molar-refractivity contribution in [3.05, 3.63) is 17.5 Å². The summed E-state index contributed by atoms with van der Waals surface area (Å²) in [6, 6.07) is 0. The van der Waals surface area contributed by atoms with Crippen molar-refractivity contribution >= 4 is 5.91 Å². The Morgan fingerprint density at radius 1 is 1.62 bits per heavy atom. The molecule has 0 saturated heterocycles. The maximum Gasteiger partial charge on any atom is 0.393 e. The van der Waals surface area contributed by atoms with Crippen LogP contribution >= 0.6 is 0 Å². The van der Waals surface area contributed by atoms with E-state index < -0.39 is 18.5 Å². The molecule has 0 unspecified atom stereocenters. The number of hydrogen-bond donors (Lipinski definition) is 2. The summed E-state index contributed by atoms with van der Waals surface area (Å²) in [5.74, 6) is -0.947. The summed E-state index contributed by atoms with van der Waals surface area (Å²) in [6.07, 6.45) is -4.64. The Kier molecular flexibility index (Phi) is 2.26. The normalized spacial score (nSPS) is 11.6. The van der Waals surface area contributed by atoms with Crippen molar-refractivity contribution in [3.8, 4) is 0 Å². The molecule has 1 heterocycles. The first-order valence-corrected chi connectivity index (χ1v) is 3.29. The minimum Gasteiger partial charge on any atom is -0.364 e. The number of primary amides is 1. The third kappa shape index (κ3) is 2.46. The largest absolute Gasteiger partial charge is 0.393 e. The Hall–Kier alpha value is -1.53. The number of carbonyl (C=O) groups excluding carboxylic acids is 1. The SMILES string of the molecule is NC(=O)c1[nH]ncc1CC(F)(F)F. The number of aromatic amines is 1. The van der Waals surface area contributed by atoms with Gasteiger partial charge < -0.3 is 5.73 Å². The standard InChI is InChI=1S/C6H6F3N3O/c7-6(8,9)1-3-2-11-12-4(3)5(10)13/h2H,1H2,(H2,10,13)(H,11,12). The fraction of sp³-hybridized carbons (Fsp3) is 0.333. The van der Waals surface area contributed by atoms with Gasteiger partial charge in [0.15, 0.2) is 0 Å². The van der Waals surface area contributed by atoms with Gasteiger partial charge in [-0.15, -0.1) is 0 Å². The third-order valence-corrected chi connectivity index (χ3v) is 1.36. The quantitative estimate of drug-likeness (QED) is 0.722. The van der Waals surface area contributed by atoms with Crippen LogP contribution in [0.25, 0.3) is 0 Å². The van der Waals surface area contributed by atoms with Crippen molar-refractivity contribution < 1.29 is 18.0 Å². The molecule has 0 bridgehead atoms. The summed E-state index contributed by atoms with van der Waals surface area (Å²) < 4.78 is 35.6. The van der Waals surface area contributed by atoms with E-state index >= 15 is 0 Å². The second-order valence-electron chi connectivity index (χ2n) is 2.43. The number of hydrogen-bond acceptors (Lipinski definition) is 2. The van der Waals surface area contributed by atoms with Crippen molar-refractivity contribution in [2.75, 3.05) is 0 Å². The van der Waals surface area contributed by atoms with Crippen LogP contribution in [0.1, 0.15) is 16.1 Å². The van der Waals surface area contributed by atoms with Crippen LogP contribution in [0.4, 0.5) is 13.2 Å². The summed E-state index contributed by atoms with van der Waals surface area (Å²) in [4.78, 5) is 10.6. The highest BCUT2D eigenvalue weighted by atomic mass is 19.4. The van der Waals surface area contributed by atoms with Gasteiger partial charge >= 0.3 is 6.18 Å². The van der Waals surface area contributed by atoms with Crippen molar-refractivity contribution in [2.24, 2.45) is 5.73 Å². The molecule has 7 heteroatoms. The predicted molar refractivity (Wildman–Crippen MR) is 36.9 cm³/mol. The molecule has 1 amide bonds. The van der Waals surface area contributed by atoms with E-state index in [1.165, 1.54) is 0 Å². The molecule has 3 N–H and O–H groups in total. The molecule has 0 fully saturated rings. The van der Waals surface area contributed by atoms with Crippen molar-refractivity contribution in [2.45, 2.75) is 12.6 Å². The molecular weight excluding hydrogens is 187 g/mol. The number of H-pyrrole nitrogens is 1. The van der Waals surface area contributed by atoms with Gasteiger partial charge in [0.2, 0.25) is 0 Å². The highest BCUT2D eigenvalue weighted by molar-refractivity contribution is 5.92. The number of nitrogens with one attached hydrogen (secondary N) is 1. The average Bonchev–Trinajstić information content (AvgIpc) is 2.31. The lowest BCUT2D eigenvalue weighted by atomic mass is 10.2. The molecule has 0 aliphatic carbocycles. The molecular formula is C6H6F3N3O. The number of rotatable bonds is 2. The van der Waals surface area contributed by atoms with Crippen LogP contribution in [0.15, 0.2) is 6.20 Å². The zero-order valence-corrected chi connectivity index (χ0v) is 6.35. The van der Waals surface area contributed by atoms with Crippen LogP contribution in [-0.4, -0.2) is 22.3 Å². The van der Waals surface area contributed by atoms with E-state index in [2.05, 4.69) is 10.2 Å². The fourth-order valence-electron chi connectivity index (χ4n) is 0.874. The molecule has 0 atom stereocenters. The number of carbonyl (C=O) groups is 1. The first-order valence-electron chi connectivity index (χ1n) is 3.29. The van der Waals surface area contributed by atoms with E-state index in [0.29, 0.717) is 0 Å². The molecule has 0 aliphatic heterocycles. The molecule has 1 aromatic heterocycles. The van der Waals surface area contributed by atoms with E-state index in [-0.39, 0.29) is 11.3 Å². The number of amides is 1.